The molecule has 3 heterocycles. The Hall–Kier alpha value is -4.17. The van der Waals surface area contributed by atoms with Crippen molar-refractivity contribution in [1.29, 1.82) is 0 Å². The van der Waals surface area contributed by atoms with Gasteiger partial charge in [-0.1, -0.05) is 24.3 Å². The van der Waals surface area contributed by atoms with Crippen LogP contribution in [0.3, 0.4) is 0 Å². The van der Waals surface area contributed by atoms with Crippen LogP contribution in [-0.4, -0.2) is 78.2 Å². The number of rotatable bonds is 8. The number of nitrogens with zero attached hydrogens (tertiary/aromatic N) is 3. The lowest BCUT2D eigenvalue weighted by Crippen LogP contribution is -2.61. The molecule has 0 bridgehead atoms. The van der Waals surface area contributed by atoms with E-state index in [1.165, 1.54) is 18.3 Å². The van der Waals surface area contributed by atoms with Crippen molar-refractivity contribution in [2.45, 2.75) is 50.8 Å². The molecule has 0 spiro atoms. The number of carboxylic acid groups (broad SMARTS) is 1. The second kappa shape index (κ2) is 11.1. The third kappa shape index (κ3) is 5.45. The number of hydrogen-bond donors (Lipinski definition) is 4. The molecule has 5 atom stereocenters. The van der Waals surface area contributed by atoms with E-state index in [1.54, 1.807) is 24.3 Å². The van der Waals surface area contributed by atoms with Gasteiger partial charge < -0.3 is 39.2 Å². The number of aliphatic hydroxyl groups excluding tert-OH is 3. The van der Waals surface area contributed by atoms with E-state index in [4.69, 9.17) is 9.47 Å². The van der Waals surface area contributed by atoms with Gasteiger partial charge in [0.1, 0.15) is 29.9 Å². The highest BCUT2D eigenvalue weighted by atomic mass is 19.3. The van der Waals surface area contributed by atoms with Crippen LogP contribution in [0.15, 0.2) is 60.8 Å². The van der Waals surface area contributed by atoms with Crippen LogP contribution in [0, 0.1) is 6.92 Å². The molecule has 0 radical (unpaired) electrons. The average Bonchev–Trinajstić information content (AvgIpc) is 3.24. The lowest BCUT2D eigenvalue weighted by molar-refractivity contribution is -0.271. The highest BCUT2D eigenvalue weighted by Gasteiger charge is 2.48. The van der Waals surface area contributed by atoms with Crippen LogP contribution in [0.25, 0.3) is 22.2 Å². The Balaban J connectivity index is 1.38. The Morgan fingerprint density at radius 3 is 2.50 bits per heavy atom. The number of pyridine rings is 1. The lowest BCUT2D eigenvalue weighted by atomic mass is 9.99. The zero-order chi connectivity index (χ0) is 28.6. The molecule has 4 aromatic rings. The fourth-order valence-electron chi connectivity index (χ4n) is 4.53. The Morgan fingerprint density at radius 1 is 1.05 bits per heavy atom. The summed E-state index contributed by atoms with van der Waals surface area (Å²) >= 11 is 0. The number of hydrogen-bond acceptors (Lipinski definition) is 9. The van der Waals surface area contributed by atoms with Gasteiger partial charge in [-0.05, 0) is 36.8 Å². The Morgan fingerprint density at radius 2 is 1.80 bits per heavy atom. The highest BCUT2D eigenvalue weighted by Crippen LogP contribution is 2.29. The van der Waals surface area contributed by atoms with Crippen molar-refractivity contribution in [1.82, 2.24) is 14.5 Å². The van der Waals surface area contributed by atoms with Crippen LogP contribution >= 0.6 is 0 Å². The number of aliphatic carboxylic acids is 1. The summed E-state index contributed by atoms with van der Waals surface area (Å²) in [6.45, 7) is -0.881. The molecule has 0 saturated carbocycles. The molecule has 1 fully saturated rings. The van der Waals surface area contributed by atoms with Crippen LogP contribution in [0.1, 0.15) is 11.4 Å². The maximum atomic E-state index is 12.9. The number of ether oxygens (including phenoxy) is 3. The van der Waals surface area contributed by atoms with Crippen LogP contribution < -0.4 is 9.47 Å². The topological polar surface area (TPSA) is 156 Å². The van der Waals surface area contributed by atoms with E-state index in [1.807, 2.05) is 29.7 Å². The number of fused-ring (bicyclic) bond motifs is 1. The molecule has 11 nitrogen and oxygen atoms in total. The molecule has 2 aromatic heterocycles. The van der Waals surface area contributed by atoms with Crippen molar-refractivity contribution in [2.24, 2.45) is 0 Å². The maximum absolute atomic E-state index is 12.9. The number of aryl methyl sites for hydroxylation is 1. The number of alkyl halides is 2. The van der Waals surface area contributed by atoms with Gasteiger partial charge in [-0.3, -0.25) is 0 Å². The van der Waals surface area contributed by atoms with E-state index in [0.29, 0.717) is 22.5 Å². The largest absolute Gasteiger partial charge is 0.479 e. The Bertz CT molecular complexity index is 1510. The maximum Gasteiger partial charge on any atom is 0.387 e. The molecule has 4 N–H and O–H groups in total. The molecule has 40 heavy (non-hydrogen) atoms. The van der Waals surface area contributed by atoms with Gasteiger partial charge in [0.15, 0.2) is 6.10 Å². The first-order valence-corrected chi connectivity index (χ1v) is 12.2. The van der Waals surface area contributed by atoms with E-state index >= 15 is 0 Å². The summed E-state index contributed by atoms with van der Waals surface area (Å²) in [5.74, 6) is -0.777. The predicted octanol–water partition coefficient (Wildman–Crippen LogP) is 2.33. The number of aromatic nitrogens is 3. The van der Waals surface area contributed by atoms with Gasteiger partial charge in [-0.15, -0.1) is 0 Å². The second-order valence-corrected chi connectivity index (χ2v) is 9.17. The average molecular weight is 558 g/mol. The van der Waals surface area contributed by atoms with Gasteiger partial charge in [-0.25, -0.2) is 14.8 Å². The third-order valence-electron chi connectivity index (χ3n) is 6.58. The van der Waals surface area contributed by atoms with E-state index in [-0.39, 0.29) is 18.2 Å². The minimum absolute atomic E-state index is 0.0156. The summed E-state index contributed by atoms with van der Waals surface area (Å²) in [6, 6.07) is 15.3. The SMILES string of the molecule is Cc1nc2ccc(-c3ccc(O[C@@H]4O[C@H](C(=O)O)[C@@H](O)[C@H](O)[C@H]4O)nc3)cc2n1Cc1ccccc1OC(F)F. The first kappa shape index (κ1) is 27.4. The molecule has 1 saturated heterocycles. The summed E-state index contributed by atoms with van der Waals surface area (Å²) in [4.78, 5) is 20.1. The molecule has 13 heteroatoms. The fourth-order valence-corrected chi connectivity index (χ4v) is 4.53. The van der Waals surface area contributed by atoms with Crippen molar-refractivity contribution in [2.75, 3.05) is 0 Å². The van der Waals surface area contributed by atoms with Gasteiger partial charge in [0.05, 0.1) is 17.6 Å². The van der Waals surface area contributed by atoms with Crippen LogP contribution in [-0.2, 0) is 16.1 Å². The summed E-state index contributed by atoms with van der Waals surface area (Å²) in [6.07, 6.45) is -7.23. The first-order valence-electron chi connectivity index (χ1n) is 12.2. The van der Waals surface area contributed by atoms with E-state index in [2.05, 4.69) is 14.7 Å². The van der Waals surface area contributed by atoms with Gasteiger partial charge in [0, 0.05) is 23.4 Å². The molecule has 0 amide bonds. The normalized spacial score (nSPS) is 22.9. The molecule has 2 aromatic carbocycles. The zero-order valence-corrected chi connectivity index (χ0v) is 21.0. The van der Waals surface area contributed by atoms with Crippen LogP contribution in [0.5, 0.6) is 11.6 Å². The number of halogens is 2. The van der Waals surface area contributed by atoms with Crippen molar-refractivity contribution in [3.8, 4) is 22.8 Å². The number of para-hydroxylation sites is 1. The molecule has 210 valence electrons. The van der Waals surface area contributed by atoms with Crippen molar-refractivity contribution < 1.29 is 48.2 Å². The smallest absolute Gasteiger partial charge is 0.387 e. The predicted molar refractivity (Wildman–Crippen MR) is 135 cm³/mol. The molecule has 0 aliphatic carbocycles. The zero-order valence-electron chi connectivity index (χ0n) is 21.0. The van der Waals surface area contributed by atoms with Crippen LogP contribution in [0.2, 0.25) is 0 Å². The van der Waals surface area contributed by atoms with Crippen LogP contribution in [0.4, 0.5) is 8.78 Å². The second-order valence-electron chi connectivity index (χ2n) is 9.17. The minimum Gasteiger partial charge on any atom is -0.479 e. The standard InChI is InChI=1S/C27H25F2N3O8/c1-13-31-17-8-6-14(10-18(17)32(13)12-16-4-2-3-5-19(16)38-27(28)29)15-7-9-20(30-11-15)39-26-23(35)21(33)22(34)24(40-26)25(36)37/h2-11,21-24,26-27,33-35H,12H2,1H3,(H,36,37)/t21-,22-,23+,24-,26+/m0/s1. The lowest BCUT2D eigenvalue weighted by Gasteiger charge is -2.38. The highest BCUT2D eigenvalue weighted by molar-refractivity contribution is 5.82. The summed E-state index contributed by atoms with van der Waals surface area (Å²) in [5, 5.41) is 39.2. The van der Waals surface area contributed by atoms with E-state index in [0.717, 1.165) is 11.1 Å². The Kier molecular flexibility index (Phi) is 7.63. The monoisotopic (exact) mass is 557 g/mol. The summed E-state index contributed by atoms with van der Waals surface area (Å²) in [5.41, 5.74) is 3.48. The summed E-state index contributed by atoms with van der Waals surface area (Å²) < 4.78 is 42.9. The number of aliphatic hydroxyl groups is 3. The molecular formula is C27H25F2N3O8. The Labute approximate surface area is 225 Å². The number of imidazole rings is 1. The first-order chi connectivity index (χ1) is 19.1. The van der Waals surface area contributed by atoms with E-state index < -0.39 is 43.3 Å². The number of carbonyl (C=O) groups is 1. The number of carboxylic acids is 1. The molecule has 1 aliphatic heterocycles. The minimum atomic E-state index is -2.95. The third-order valence-corrected chi connectivity index (χ3v) is 6.58. The van der Waals surface area contributed by atoms with Crippen molar-refractivity contribution in [3.05, 3.63) is 72.2 Å². The molecule has 5 rings (SSSR count). The quantitative estimate of drug-likeness (QED) is 0.254. The molecule has 0 unspecified atom stereocenters. The summed E-state index contributed by atoms with van der Waals surface area (Å²) in [7, 11) is 0. The number of benzene rings is 2. The fraction of sp³-hybridized carbons (Fsp3) is 0.296. The van der Waals surface area contributed by atoms with Gasteiger partial charge in [0.25, 0.3) is 0 Å². The molecular weight excluding hydrogens is 532 g/mol. The van der Waals surface area contributed by atoms with Crippen molar-refractivity contribution >= 4 is 17.0 Å². The van der Waals surface area contributed by atoms with Gasteiger partial charge in [0.2, 0.25) is 12.2 Å². The van der Waals surface area contributed by atoms with Crippen molar-refractivity contribution in [3.63, 3.8) is 0 Å². The molecule has 1 aliphatic rings. The van der Waals surface area contributed by atoms with E-state index in [9.17, 15) is 34.0 Å². The van der Waals surface area contributed by atoms with Gasteiger partial charge >= 0.3 is 12.6 Å². The van der Waals surface area contributed by atoms with Gasteiger partial charge in [-0.2, -0.15) is 8.78 Å².